The lowest BCUT2D eigenvalue weighted by atomic mass is 9.96. The molecule has 0 spiro atoms. The molecule has 1 saturated heterocycles. The summed E-state index contributed by atoms with van der Waals surface area (Å²) in [5, 5.41) is 9.96. The van der Waals surface area contributed by atoms with Crippen molar-refractivity contribution in [1.29, 1.82) is 0 Å². The van der Waals surface area contributed by atoms with Crippen LogP contribution in [0.1, 0.15) is 18.4 Å². The standard InChI is InChI=1S/C17H22N4OS/c22-17(20-12-15-5-10-23-13-15)19-11-14-3-8-21(9-4-14)16-1-6-18-7-2-16/h1-2,5-7,10,13-14H,3-4,8-9,11-12H2,(H2,19,20,22). The molecule has 0 aromatic carbocycles. The number of urea groups is 1. The van der Waals surface area contributed by atoms with Crippen LogP contribution in [0.25, 0.3) is 0 Å². The van der Waals surface area contributed by atoms with Gasteiger partial charge in [0.25, 0.3) is 0 Å². The molecule has 23 heavy (non-hydrogen) atoms. The zero-order chi connectivity index (χ0) is 15.9. The quantitative estimate of drug-likeness (QED) is 0.886. The first kappa shape index (κ1) is 15.8. The number of aromatic nitrogens is 1. The maximum Gasteiger partial charge on any atom is 0.315 e. The third-order valence-electron chi connectivity index (χ3n) is 4.23. The van der Waals surface area contributed by atoms with Crippen molar-refractivity contribution < 1.29 is 4.79 Å². The van der Waals surface area contributed by atoms with Crippen molar-refractivity contribution in [1.82, 2.24) is 15.6 Å². The lowest BCUT2D eigenvalue weighted by molar-refractivity contribution is 0.237. The zero-order valence-electron chi connectivity index (χ0n) is 13.1. The number of hydrogen-bond donors (Lipinski definition) is 2. The predicted octanol–water partition coefficient (Wildman–Crippen LogP) is 2.86. The molecule has 122 valence electrons. The van der Waals surface area contributed by atoms with E-state index in [-0.39, 0.29) is 6.03 Å². The molecule has 5 nitrogen and oxygen atoms in total. The monoisotopic (exact) mass is 330 g/mol. The minimum absolute atomic E-state index is 0.0761. The van der Waals surface area contributed by atoms with E-state index in [0.29, 0.717) is 12.5 Å². The third-order valence-corrected chi connectivity index (χ3v) is 4.96. The summed E-state index contributed by atoms with van der Waals surface area (Å²) in [4.78, 5) is 18.3. The Labute approximate surface area is 140 Å². The van der Waals surface area contributed by atoms with Crippen LogP contribution in [0.3, 0.4) is 0 Å². The van der Waals surface area contributed by atoms with Gasteiger partial charge in [-0.1, -0.05) is 0 Å². The minimum atomic E-state index is -0.0761. The first-order valence-electron chi connectivity index (χ1n) is 7.99. The Hall–Kier alpha value is -2.08. The van der Waals surface area contributed by atoms with Gasteiger partial charge in [-0.15, -0.1) is 0 Å². The normalized spacial score (nSPS) is 15.4. The number of pyridine rings is 1. The molecule has 1 aliphatic heterocycles. The maximum atomic E-state index is 11.8. The molecule has 3 rings (SSSR count). The van der Waals surface area contributed by atoms with Gasteiger partial charge in [-0.3, -0.25) is 4.98 Å². The van der Waals surface area contributed by atoms with E-state index in [4.69, 9.17) is 0 Å². The molecular formula is C17H22N4OS. The van der Waals surface area contributed by atoms with Crippen molar-refractivity contribution in [2.24, 2.45) is 5.92 Å². The highest BCUT2D eigenvalue weighted by atomic mass is 32.1. The van der Waals surface area contributed by atoms with Crippen molar-refractivity contribution in [3.8, 4) is 0 Å². The molecule has 0 aliphatic carbocycles. The van der Waals surface area contributed by atoms with Gasteiger partial charge in [-0.2, -0.15) is 11.3 Å². The number of hydrogen-bond acceptors (Lipinski definition) is 4. The average Bonchev–Trinajstić information content (AvgIpc) is 3.13. The van der Waals surface area contributed by atoms with E-state index in [2.05, 4.69) is 38.0 Å². The highest BCUT2D eigenvalue weighted by Gasteiger charge is 2.19. The second-order valence-corrected chi connectivity index (χ2v) is 6.61. The topological polar surface area (TPSA) is 57.3 Å². The van der Waals surface area contributed by atoms with Gasteiger partial charge in [0.15, 0.2) is 0 Å². The molecule has 6 heteroatoms. The molecule has 2 amide bonds. The Balaban J connectivity index is 1.35. The molecule has 1 fully saturated rings. The number of anilines is 1. The SMILES string of the molecule is O=C(NCc1ccsc1)NCC1CCN(c2ccncc2)CC1. The Morgan fingerprint density at radius 2 is 2.00 bits per heavy atom. The van der Waals surface area contributed by atoms with E-state index < -0.39 is 0 Å². The van der Waals surface area contributed by atoms with E-state index in [9.17, 15) is 4.79 Å². The van der Waals surface area contributed by atoms with E-state index in [0.717, 1.165) is 38.0 Å². The number of rotatable bonds is 5. The molecule has 3 heterocycles. The summed E-state index contributed by atoms with van der Waals surface area (Å²) in [6, 6.07) is 6.06. The van der Waals surface area contributed by atoms with E-state index in [1.165, 1.54) is 5.69 Å². The van der Waals surface area contributed by atoms with E-state index in [1.54, 1.807) is 11.3 Å². The van der Waals surface area contributed by atoms with Crippen LogP contribution in [0.4, 0.5) is 10.5 Å². The molecule has 0 bridgehead atoms. The number of thiophene rings is 1. The summed E-state index contributed by atoms with van der Waals surface area (Å²) in [5.41, 5.74) is 2.38. The van der Waals surface area contributed by atoms with Crippen LogP contribution >= 0.6 is 11.3 Å². The van der Waals surface area contributed by atoms with Gasteiger partial charge in [-0.25, -0.2) is 4.79 Å². The molecule has 0 saturated carbocycles. The molecule has 0 unspecified atom stereocenters. The van der Waals surface area contributed by atoms with Crippen LogP contribution in [0.2, 0.25) is 0 Å². The number of carbonyl (C=O) groups excluding carboxylic acids is 1. The molecule has 2 aromatic heterocycles. The summed E-state index contributed by atoms with van der Waals surface area (Å²) in [6.07, 6.45) is 5.88. The third kappa shape index (κ3) is 4.69. The van der Waals surface area contributed by atoms with Crippen molar-refractivity contribution in [3.63, 3.8) is 0 Å². The van der Waals surface area contributed by atoms with E-state index in [1.807, 2.05) is 23.8 Å². The van der Waals surface area contributed by atoms with Crippen LogP contribution in [-0.2, 0) is 6.54 Å². The maximum absolute atomic E-state index is 11.8. The van der Waals surface area contributed by atoms with Crippen LogP contribution < -0.4 is 15.5 Å². The Bertz CT molecular complexity index is 594. The minimum Gasteiger partial charge on any atom is -0.371 e. The van der Waals surface area contributed by atoms with E-state index >= 15 is 0 Å². The Kier molecular flexibility index (Phi) is 5.47. The number of amides is 2. The fourth-order valence-corrected chi connectivity index (χ4v) is 3.49. The van der Waals surface area contributed by atoms with Crippen molar-refractivity contribution >= 4 is 23.1 Å². The number of carbonyl (C=O) groups is 1. The van der Waals surface area contributed by atoms with Gasteiger partial charge in [0.1, 0.15) is 0 Å². The molecule has 2 N–H and O–H groups in total. The fourth-order valence-electron chi connectivity index (χ4n) is 2.83. The largest absolute Gasteiger partial charge is 0.371 e. The number of nitrogens with zero attached hydrogens (tertiary/aromatic N) is 2. The van der Waals surface area contributed by atoms with Gasteiger partial charge in [0, 0.05) is 44.3 Å². The second-order valence-electron chi connectivity index (χ2n) is 5.83. The molecule has 0 radical (unpaired) electrons. The average molecular weight is 330 g/mol. The van der Waals surface area contributed by atoms with Gasteiger partial charge >= 0.3 is 6.03 Å². The van der Waals surface area contributed by atoms with Crippen LogP contribution in [0.15, 0.2) is 41.4 Å². The van der Waals surface area contributed by atoms with Gasteiger partial charge < -0.3 is 15.5 Å². The molecule has 0 atom stereocenters. The molecule has 2 aromatic rings. The predicted molar refractivity (Wildman–Crippen MR) is 93.7 cm³/mol. The molecular weight excluding hydrogens is 308 g/mol. The first-order valence-corrected chi connectivity index (χ1v) is 8.93. The lowest BCUT2D eigenvalue weighted by Crippen LogP contribution is -2.41. The summed E-state index contributed by atoms with van der Waals surface area (Å²) in [6.45, 7) is 3.41. The van der Waals surface area contributed by atoms with Crippen molar-refractivity contribution in [2.45, 2.75) is 19.4 Å². The van der Waals surface area contributed by atoms with Crippen LogP contribution in [-0.4, -0.2) is 30.6 Å². The Morgan fingerprint density at radius 1 is 1.22 bits per heavy atom. The second kappa shape index (κ2) is 7.97. The van der Waals surface area contributed by atoms with Crippen molar-refractivity contribution in [2.75, 3.05) is 24.5 Å². The Morgan fingerprint density at radius 3 is 2.70 bits per heavy atom. The van der Waals surface area contributed by atoms with Gasteiger partial charge in [-0.05, 0) is 53.3 Å². The van der Waals surface area contributed by atoms with Crippen molar-refractivity contribution in [3.05, 3.63) is 46.9 Å². The van der Waals surface area contributed by atoms with Crippen LogP contribution in [0.5, 0.6) is 0 Å². The number of piperidine rings is 1. The lowest BCUT2D eigenvalue weighted by Gasteiger charge is -2.33. The summed E-state index contributed by atoms with van der Waals surface area (Å²) in [7, 11) is 0. The summed E-state index contributed by atoms with van der Waals surface area (Å²) >= 11 is 1.65. The smallest absolute Gasteiger partial charge is 0.315 e. The summed E-state index contributed by atoms with van der Waals surface area (Å²) < 4.78 is 0. The number of nitrogens with one attached hydrogen (secondary N) is 2. The molecule has 1 aliphatic rings. The fraction of sp³-hybridized carbons (Fsp3) is 0.412. The zero-order valence-corrected chi connectivity index (χ0v) is 13.9. The summed E-state index contributed by atoms with van der Waals surface area (Å²) in [5.74, 6) is 0.556. The first-order chi connectivity index (χ1) is 11.3. The highest BCUT2D eigenvalue weighted by molar-refractivity contribution is 7.07. The van der Waals surface area contributed by atoms with Gasteiger partial charge in [0.2, 0.25) is 0 Å². The van der Waals surface area contributed by atoms with Gasteiger partial charge in [0.05, 0.1) is 0 Å². The van der Waals surface area contributed by atoms with Crippen LogP contribution in [0, 0.1) is 5.92 Å². The highest BCUT2D eigenvalue weighted by Crippen LogP contribution is 2.22.